The van der Waals surface area contributed by atoms with Crippen molar-refractivity contribution in [1.29, 1.82) is 0 Å². The van der Waals surface area contributed by atoms with Crippen LogP contribution in [0.15, 0.2) is 48.5 Å². The summed E-state index contributed by atoms with van der Waals surface area (Å²) in [5, 5.41) is 4.94. The highest BCUT2D eigenvalue weighted by atomic mass is 35.5. The second kappa shape index (κ2) is 7.35. The van der Waals surface area contributed by atoms with E-state index in [9.17, 15) is 4.79 Å². The molecule has 1 fully saturated rings. The average Bonchev–Trinajstić information content (AvgIpc) is 3.24. The van der Waals surface area contributed by atoms with E-state index in [2.05, 4.69) is 58.8 Å². The van der Waals surface area contributed by atoms with Crippen LogP contribution in [0.1, 0.15) is 41.0 Å². The van der Waals surface area contributed by atoms with Gasteiger partial charge in [-0.25, -0.2) is 10.9 Å². The summed E-state index contributed by atoms with van der Waals surface area (Å²) in [6, 6.07) is 15.5. The van der Waals surface area contributed by atoms with Gasteiger partial charge in [0.1, 0.15) is 0 Å². The van der Waals surface area contributed by atoms with Crippen molar-refractivity contribution in [3.63, 3.8) is 0 Å². The summed E-state index contributed by atoms with van der Waals surface area (Å²) >= 11 is 5.89. The summed E-state index contributed by atoms with van der Waals surface area (Å²) in [5.74, 6) is -0.112. The Labute approximate surface area is 163 Å². The molecule has 5 nitrogen and oxygen atoms in total. The number of hydrogen-bond acceptors (Lipinski definition) is 3. The number of halogens is 1. The van der Waals surface area contributed by atoms with Crippen molar-refractivity contribution >= 4 is 28.4 Å². The van der Waals surface area contributed by atoms with Crippen LogP contribution in [0.5, 0.6) is 0 Å². The Kier molecular flexibility index (Phi) is 4.91. The van der Waals surface area contributed by atoms with E-state index in [-0.39, 0.29) is 18.1 Å². The SMILES string of the molecule is CCn1c(C2CC(NC(=O)c3ccc(Cl)cc3)NN2)c(C)c2ccccc21. The summed E-state index contributed by atoms with van der Waals surface area (Å²) in [4.78, 5) is 12.5. The number of hydrogen-bond donors (Lipinski definition) is 3. The topological polar surface area (TPSA) is 58.1 Å². The number of benzene rings is 2. The monoisotopic (exact) mass is 382 g/mol. The lowest BCUT2D eigenvalue weighted by molar-refractivity contribution is 0.0932. The number of fused-ring (bicyclic) bond motifs is 1. The average molecular weight is 383 g/mol. The van der Waals surface area contributed by atoms with Gasteiger partial charge in [-0.2, -0.15) is 0 Å². The molecule has 27 heavy (non-hydrogen) atoms. The molecule has 2 heterocycles. The molecule has 1 aliphatic rings. The number of nitrogens with one attached hydrogen (secondary N) is 3. The van der Waals surface area contributed by atoms with E-state index in [1.54, 1.807) is 24.3 Å². The largest absolute Gasteiger partial charge is 0.343 e. The zero-order valence-corrected chi connectivity index (χ0v) is 16.2. The van der Waals surface area contributed by atoms with E-state index in [0.717, 1.165) is 13.0 Å². The second-order valence-corrected chi connectivity index (χ2v) is 7.32. The number of amides is 1. The Hall–Kier alpha value is -2.34. The van der Waals surface area contributed by atoms with Crippen molar-refractivity contribution in [3.05, 3.63) is 70.4 Å². The Bertz CT molecular complexity index is 980. The minimum atomic E-state index is -0.138. The van der Waals surface area contributed by atoms with Crippen molar-refractivity contribution in [3.8, 4) is 0 Å². The van der Waals surface area contributed by atoms with Gasteiger partial charge in [-0.05, 0) is 49.7 Å². The van der Waals surface area contributed by atoms with Crippen LogP contribution in [0.2, 0.25) is 5.02 Å². The molecule has 0 saturated carbocycles. The highest BCUT2D eigenvalue weighted by Gasteiger charge is 2.30. The molecule has 1 amide bonds. The van der Waals surface area contributed by atoms with Crippen molar-refractivity contribution < 1.29 is 4.79 Å². The number of nitrogens with zero attached hydrogens (tertiary/aromatic N) is 1. The number of para-hydroxylation sites is 1. The molecule has 1 aliphatic heterocycles. The van der Waals surface area contributed by atoms with Crippen LogP contribution in [0.4, 0.5) is 0 Å². The third-order valence-corrected chi connectivity index (χ3v) is 5.49. The summed E-state index contributed by atoms with van der Waals surface area (Å²) in [7, 11) is 0. The fourth-order valence-electron chi connectivity index (χ4n) is 3.96. The van der Waals surface area contributed by atoms with Gasteiger partial charge in [0.2, 0.25) is 0 Å². The summed E-state index contributed by atoms with van der Waals surface area (Å²) in [6.07, 6.45) is 0.636. The maximum Gasteiger partial charge on any atom is 0.252 e. The van der Waals surface area contributed by atoms with Crippen LogP contribution in [0.3, 0.4) is 0 Å². The van der Waals surface area contributed by atoms with E-state index < -0.39 is 0 Å². The lowest BCUT2D eigenvalue weighted by Crippen LogP contribution is -2.44. The van der Waals surface area contributed by atoms with Crippen LogP contribution in [0, 0.1) is 6.92 Å². The van der Waals surface area contributed by atoms with Gasteiger partial charge in [0.25, 0.3) is 5.91 Å². The molecular formula is C21H23ClN4O. The van der Waals surface area contributed by atoms with Crippen LogP contribution >= 0.6 is 11.6 Å². The van der Waals surface area contributed by atoms with Crippen LogP contribution in [0.25, 0.3) is 10.9 Å². The predicted octanol–water partition coefficient (Wildman–Crippen LogP) is 3.92. The zero-order chi connectivity index (χ0) is 19.0. The third kappa shape index (κ3) is 3.34. The van der Waals surface area contributed by atoms with E-state index in [1.807, 2.05) is 0 Å². The minimum absolute atomic E-state index is 0.112. The van der Waals surface area contributed by atoms with Crippen molar-refractivity contribution in [1.82, 2.24) is 20.7 Å². The molecule has 6 heteroatoms. The van der Waals surface area contributed by atoms with Gasteiger partial charge in [0.05, 0.1) is 12.2 Å². The molecule has 2 atom stereocenters. The van der Waals surface area contributed by atoms with Crippen molar-refractivity contribution in [2.24, 2.45) is 0 Å². The van der Waals surface area contributed by atoms with Gasteiger partial charge in [0, 0.05) is 40.1 Å². The lowest BCUT2D eigenvalue weighted by Gasteiger charge is -2.15. The highest BCUT2D eigenvalue weighted by Crippen LogP contribution is 2.32. The van der Waals surface area contributed by atoms with E-state index in [1.165, 1.54) is 22.2 Å². The first kappa shape index (κ1) is 18.0. The fraction of sp³-hybridized carbons (Fsp3) is 0.286. The summed E-state index contributed by atoms with van der Waals surface area (Å²) in [6.45, 7) is 5.24. The Balaban J connectivity index is 1.53. The zero-order valence-electron chi connectivity index (χ0n) is 15.4. The molecule has 0 radical (unpaired) electrons. The number of aromatic nitrogens is 1. The molecule has 1 aromatic heterocycles. The highest BCUT2D eigenvalue weighted by molar-refractivity contribution is 6.30. The predicted molar refractivity (Wildman–Crippen MR) is 109 cm³/mol. The van der Waals surface area contributed by atoms with Gasteiger partial charge in [0.15, 0.2) is 0 Å². The van der Waals surface area contributed by atoms with Crippen molar-refractivity contribution in [2.45, 2.75) is 39.0 Å². The molecule has 2 aromatic carbocycles. The van der Waals surface area contributed by atoms with E-state index in [0.29, 0.717) is 10.6 Å². The molecule has 0 spiro atoms. The smallest absolute Gasteiger partial charge is 0.252 e. The summed E-state index contributed by atoms with van der Waals surface area (Å²) < 4.78 is 2.35. The number of hydrazine groups is 1. The molecule has 1 saturated heterocycles. The maximum absolute atomic E-state index is 12.5. The first-order chi connectivity index (χ1) is 13.1. The van der Waals surface area contributed by atoms with Crippen LogP contribution in [-0.2, 0) is 6.54 Å². The van der Waals surface area contributed by atoms with E-state index >= 15 is 0 Å². The first-order valence-electron chi connectivity index (χ1n) is 9.23. The standard InChI is InChI=1S/C21H23ClN4O/c1-3-26-18-7-5-4-6-16(18)13(2)20(26)17-12-19(25-24-17)23-21(27)14-8-10-15(22)11-9-14/h4-11,17,19,24-25H,3,12H2,1-2H3,(H,23,27). The van der Waals surface area contributed by atoms with Gasteiger partial charge in [-0.15, -0.1) is 0 Å². The molecule has 3 aromatic rings. The number of carbonyl (C=O) groups is 1. The molecule has 2 unspecified atom stereocenters. The number of rotatable bonds is 4. The second-order valence-electron chi connectivity index (χ2n) is 6.88. The quantitative estimate of drug-likeness (QED) is 0.641. The Morgan fingerprint density at radius 2 is 1.93 bits per heavy atom. The number of aryl methyl sites for hydroxylation is 2. The summed E-state index contributed by atoms with van der Waals surface area (Å²) in [5.41, 5.74) is 11.0. The van der Waals surface area contributed by atoms with Gasteiger partial charge < -0.3 is 9.88 Å². The molecule has 0 aliphatic carbocycles. The lowest BCUT2D eigenvalue weighted by atomic mass is 10.1. The number of carbonyl (C=O) groups excluding carboxylic acids is 1. The molecule has 0 bridgehead atoms. The molecule has 4 rings (SSSR count). The van der Waals surface area contributed by atoms with Gasteiger partial charge in [-0.3, -0.25) is 4.79 Å². The minimum Gasteiger partial charge on any atom is -0.343 e. The fourth-order valence-corrected chi connectivity index (χ4v) is 4.09. The molecule has 140 valence electrons. The Morgan fingerprint density at radius 1 is 1.19 bits per heavy atom. The van der Waals surface area contributed by atoms with Crippen LogP contribution < -0.4 is 16.2 Å². The normalized spacial score (nSPS) is 19.5. The third-order valence-electron chi connectivity index (χ3n) is 5.24. The molecular weight excluding hydrogens is 360 g/mol. The van der Waals surface area contributed by atoms with Gasteiger partial charge in [-0.1, -0.05) is 29.8 Å². The maximum atomic E-state index is 12.5. The molecule has 3 N–H and O–H groups in total. The van der Waals surface area contributed by atoms with Crippen molar-refractivity contribution in [2.75, 3.05) is 0 Å². The van der Waals surface area contributed by atoms with Crippen LogP contribution in [-0.4, -0.2) is 16.6 Å². The Morgan fingerprint density at radius 3 is 2.67 bits per heavy atom. The van der Waals surface area contributed by atoms with E-state index in [4.69, 9.17) is 11.6 Å². The first-order valence-corrected chi connectivity index (χ1v) is 9.61. The van der Waals surface area contributed by atoms with Gasteiger partial charge >= 0.3 is 0 Å².